The van der Waals surface area contributed by atoms with Crippen molar-refractivity contribution >= 4 is 28.6 Å². The van der Waals surface area contributed by atoms with E-state index >= 15 is 0 Å². The molecule has 8 nitrogen and oxygen atoms in total. The van der Waals surface area contributed by atoms with Gasteiger partial charge in [-0.3, -0.25) is 4.90 Å². The molecule has 0 aliphatic carbocycles. The number of benzene rings is 1. The summed E-state index contributed by atoms with van der Waals surface area (Å²) < 4.78 is 37.9. The quantitative estimate of drug-likeness (QED) is 0.279. The van der Waals surface area contributed by atoms with Crippen molar-refractivity contribution in [3.8, 4) is 5.75 Å². The number of nitrogens with zero attached hydrogens (tertiary/aromatic N) is 6. The van der Waals surface area contributed by atoms with Crippen LogP contribution in [0.1, 0.15) is 64.4 Å². The van der Waals surface area contributed by atoms with Crippen LogP contribution in [0.25, 0.3) is 11.2 Å². The molecule has 2 aromatic heterocycles. The molecule has 0 saturated carbocycles. The van der Waals surface area contributed by atoms with Crippen LogP contribution >= 0.6 is 11.6 Å². The SMILES string of the molecule is CC[C@@H]1CN(c2nc(Cl)nc3c2nc(C)n3CC2CCCO2)[C@@H](C)CN1C(c1ccc(OC(F)F)cc1)C(C)C. The molecule has 2 saturated heterocycles. The van der Waals surface area contributed by atoms with Crippen LogP contribution in [0.4, 0.5) is 14.6 Å². The third-order valence-electron chi connectivity index (χ3n) is 8.21. The summed E-state index contributed by atoms with van der Waals surface area (Å²) in [7, 11) is 0. The van der Waals surface area contributed by atoms with Gasteiger partial charge >= 0.3 is 6.61 Å². The van der Waals surface area contributed by atoms with E-state index in [4.69, 9.17) is 26.3 Å². The van der Waals surface area contributed by atoms with E-state index in [0.717, 1.165) is 67.3 Å². The first-order valence-corrected chi connectivity index (χ1v) is 14.6. The lowest BCUT2D eigenvalue weighted by molar-refractivity contribution is -0.0498. The van der Waals surface area contributed by atoms with Gasteiger partial charge in [0.1, 0.15) is 11.6 Å². The second-order valence-corrected chi connectivity index (χ2v) is 11.6. The molecule has 2 unspecified atom stereocenters. The summed E-state index contributed by atoms with van der Waals surface area (Å²) in [5.74, 6) is 2.13. The molecule has 2 aliphatic heterocycles. The number of aryl methyl sites for hydroxylation is 1. The lowest BCUT2D eigenvalue weighted by Gasteiger charge is -2.50. The van der Waals surface area contributed by atoms with Gasteiger partial charge in [-0.25, -0.2) is 4.98 Å². The molecule has 1 aromatic carbocycles. The second kappa shape index (κ2) is 12.1. The first-order valence-electron chi connectivity index (χ1n) is 14.2. The minimum absolute atomic E-state index is 0.122. The number of rotatable bonds is 9. The van der Waals surface area contributed by atoms with Crippen molar-refractivity contribution in [2.24, 2.45) is 5.92 Å². The van der Waals surface area contributed by atoms with E-state index in [0.29, 0.717) is 12.5 Å². The zero-order chi connectivity index (χ0) is 28.6. The number of anilines is 1. The topological polar surface area (TPSA) is 68.5 Å². The van der Waals surface area contributed by atoms with E-state index in [1.807, 2.05) is 19.1 Å². The van der Waals surface area contributed by atoms with Crippen LogP contribution in [0.3, 0.4) is 0 Å². The standard InChI is InChI=1S/C29H39ClF2N6O2/c1-6-21-15-36(18(4)14-38(21)25(17(2)3)20-9-11-22(12-10-20)40-29(31)32)26-24-27(35-28(30)34-26)37(19(5)33-24)16-23-8-7-13-39-23/h9-12,17-18,21,23,25,29H,6-8,13-16H2,1-5H3/t18-,21+,23?,25?/m0/s1. The van der Waals surface area contributed by atoms with E-state index in [1.165, 1.54) is 0 Å². The summed E-state index contributed by atoms with van der Waals surface area (Å²) >= 11 is 6.52. The van der Waals surface area contributed by atoms with Crippen LogP contribution in [-0.4, -0.2) is 68.9 Å². The Morgan fingerprint density at radius 3 is 2.50 bits per heavy atom. The Hall–Kier alpha value is -2.56. The van der Waals surface area contributed by atoms with Crippen LogP contribution in [0.15, 0.2) is 24.3 Å². The zero-order valence-electron chi connectivity index (χ0n) is 23.9. The summed E-state index contributed by atoms with van der Waals surface area (Å²) in [6.07, 6.45) is 3.20. The maximum Gasteiger partial charge on any atom is 0.387 e. The van der Waals surface area contributed by atoms with Gasteiger partial charge in [-0.1, -0.05) is 32.9 Å². The van der Waals surface area contributed by atoms with E-state index in [1.54, 1.807) is 12.1 Å². The minimum Gasteiger partial charge on any atom is -0.435 e. The van der Waals surface area contributed by atoms with Crippen LogP contribution in [-0.2, 0) is 11.3 Å². The molecular weight excluding hydrogens is 538 g/mol. The molecular formula is C29H39ClF2N6O2. The molecule has 218 valence electrons. The van der Waals surface area contributed by atoms with Gasteiger partial charge in [0.2, 0.25) is 5.28 Å². The summed E-state index contributed by atoms with van der Waals surface area (Å²) in [6.45, 7) is 11.0. The van der Waals surface area contributed by atoms with Gasteiger partial charge in [0, 0.05) is 37.8 Å². The Balaban J connectivity index is 1.44. The third kappa shape index (κ3) is 5.90. The average molecular weight is 577 g/mol. The van der Waals surface area contributed by atoms with Gasteiger partial charge in [0.15, 0.2) is 17.0 Å². The maximum atomic E-state index is 12.7. The summed E-state index contributed by atoms with van der Waals surface area (Å²) in [4.78, 5) is 19.1. The highest BCUT2D eigenvalue weighted by molar-refractivity contribution is 6.28. The lowest BCUT2D eigenvalue weighted by atomic mass is 9.90. The highest BCUT2D eigenvalue weighted by Crippen LogP contribution is 2.37. The van der Waals surface area contributed by atoms with E-state index < -0.39 is 6.61 Å². The Morgan fingerprint density at radius 1 is 1.12 bits per heavy atom. The van der Waals surface area contributed by atoms with Gasteiger partial charge in [0.05, 0.1) is 12.6 Å². The number of fused-ring (bicyclic) bond motifs is 1. The van der Waals surface area contributed by atoms with Gasteiger partial charge in [-0.15, -0.1) is 0 Å². The van der Waals surface area contributed by atoms with Crippen molar-refractivity contribution < 1.29 is 18.3 Å². The number of ether oxygens (including phenoxy) is 2. The summed E-state index contributed by atoms with van der Waals surface area (Å²) in [5, 5.41) is 0.213. The molecule has 11 heteroatoms. The summed E-state index contributed by atoms with van der Waals surface area (Å²) in [6, 6.07) is 7.56. The molecule has 0 N–H and O–H groups in total. The number of hydrogen-bond acceptors (Lipinski definition) is 7. The molecule has 4 atom stereocenters. The zero-order valence-corrected chi connectivity index (χ0v) is 24.6. The van der Waals surface area contributed by atoms with Crippen LogP contribution in [0, 0.1) is 12.8 Å². The third-order valence-corrected chi connectivity index (χ3v) is 8.38. The van der Waals surface area contributed by atoms with Gasteiger partial charge in [-0.2, -0.15) is 18.7 Å². The number of aromatic nitrogens is 4. The Morgan fingerprint density at radius 2 is 1.88 bits per heavy atom. The normalized spacial score (nSPS) is 23.1. The molecule has 40 heavy (non-hydrogen) atoms. The summed E-state index contributed by atoms with van der Waals surface area (Å²) in [5.41, 5.74) is 2.61. The van der Waals surface area contributed by atoms with Gasteiger partial charge in [0.25, 0.3) is 0 Å². The number of hydrogen-bond donors (Lipinski definition) is 0. The largest absolute Gasteiger partial charge is 0.435 e. The highest BCUT2D eigenvalue weighted by atomic mass is 35.5. The van der Waals surface area contributed by atoms with Crippen molar-refractivity contribution in [1.29, 1.82) is 0 Å². The first-order chi connectivity index (χ1) is 19.2. The van der Waals surface area contributed by atoms with Gasteiger partial charge < -0.3 is 18.9 Å². The first kappa shape index (κ1) is 29.0. The predicted octanol–water partition coefficient (Wildman–Crippen LogP) is 6.25. The van der Waals surface area contributed by atoms with Crippen molar-refractivity contribution in [1.82, 2.24) is 24.4 Å². The molecule has 3 aromatic rings. The minimum atomic E-state index is -2.84. The fourth-order valence-electron chi connectivity index (χ4n) is 6.35. The molecule has 0 amide bonds. The Kier molecular flexibility index (Phi) is 8.78. The van der Waals surface area contributed by atoms with Crippen LogP contribution in [0.2, 0.25) is 5.28 Å². The Labute approximate surface area is 239 Å². The average Bonchev–Trinajstić information content (AvgIpc) is 3.53. The van der Waals surface area contributed by atoms with E-state index in [2.05, 4.69) is 51.8 Å². The molecule has 5 rings (SSSR count). The molecule has 2 aliphatic rings. The molecule has 0 radical (unpaired) electrons. The number of piperazine rings is 1. The lowest BCUT2D eigenvalue weighted by Crippen LogP contribution is -2.59. The number of alkyl halides is 2. The fraction of sp³-hybridized carbons (Fsp3) is 0.621. The number of imidazole rings is 1. The number of halogens is 3. The van der Waals surface area contributed by atoms with E-state index in [9.17, 15) is 8.78 Å². The van der Waals surface area contributed by atoms with E-state index in [-0.39, 0.29) is 35.3 Å². The molecule has 0 spiro atoms. The van der Waals surface area contributed by atoms with Crippen molar-refractivity contribution in [2.45, 2.75) is 91.3 Å². The maximum absolute atomic E-state index is 12.7. The molecule has 0 bridgehead atoms. The second-order valence-electron chi connectivity index (χ2n) is 11.3. The van der Waals surface area contributed by atoms with Crippen molar-refractivity contribution in [3.05, 3.63) is 40.9 Å². The van der Waals surface area contributed by atoms with Gasteiger partial charge in [-0.05, 0) is 68.3 Å². The smallest absolute Gasteiger partial charge is 0.387 e. The van der Waals surface area contributed by atoms with Crippen LogP contribution < -0.4 is 9.64 Å². The van der Waals surface area contributed by atoms with Crippen molar-refractivity contribution in [3.63, 3.8) is 0 Å². The molecule has 4 heterocycles. The van der Waals surface area contributed by atoms with Crippen LogP contribution in [0.5, 0.6) is 5.75 Å². The highest BCUT2D eigenvalue weighted by Gasteiger charge is 2.38. The Bertz CT molecular complexity index is 1300. The fourth-order valence-corrected chi connectivity index (χ4v) is 6.51. The van der Waals surface area contributed by atoms with Crippen molar-refractivity contribution in [2.75, 3.05) is 24.6 Å². The predicted molar refractivity (Wildman–Crippen MR) is 152 cm³/mol. The monoisotopic (exact) mass is 576 g/mol. The molecule has 2 fully saturated rings.